The Labute approximate surface area is 243 Å². The number of carbonyl (C=O) groups excluding carboxylic acids is 3. The van der Waals surface area contributed by atoms with Crippen molar-refractivity contribution in [2.45, 2.75) is 124 Å². The van der Waals surface area contributed by atoms with E-state index in [4.69, 9.17) is 29.4 Å². The monoisotopic (exact) mass is 581 g/mol. The molecule has 232 valence electrons. The van der Waals surface area contributed by atoms with Gasteiger partial charge in [-0.1, -0.05) is 53.5 Å². The van der Waals surface area contributed by atoms with Crippen molar-refractivity contribution in [1.82, 2.24) is 0 Å². The van der Waals surface area contributed by atoms with Gasteiger partial charge in [-0.2, -0.15) is 0 Å². The zero-order chi connectivity index (χ0) is 31.3. The minimum atomic E-state index is -1.38. The van der Waals surface area contributed by atoms with Crippen molar-refractivity contribution in [2.24, 2.45) is 11.1 Å². The number of aliphatic carboxylic acids is 1. The number of esters is 1. The zero-order valence-electron chi connectivity index (χ0n) is 25.6. The first kappa shape index (κ1) is 35.7. The van der Waals surface area contributed by atoms with Crippen LogP contribution in [-0.4, -0.2) is 53.7 Å². The van der Waals surface area contributed by atoms with Crippen molar-refractivity contribution < 1.29 is 48.0 Å². The Kier molecular flexibility index (Phi) is 14.6. The Morgan fingerprint density at radius 2 is 1.34 bits per heavy atom. The third kappa shape index (κ3) is 13.7. The Morgan fingerprint density at radius 3 is 1.80 bits per heavy atom. The number of carboxylic acid groups (broad SMARTS) is 1. The summed E-state index contributed by atoms with van der Waals surface area (Å²) in [6.45, 7) is 14.7. The average molecular weight is 582 g/mol. The largest absolute Gasteiger partial charge is 0.514 e. The molecule has 11 heteroatoms. The van der Waals surface area contributed by atoms with E-state index in [2.05, 4.69) is 0 Å². The van der Waals surface area contributed by atoms with Crippen molar-refractivity contribution in [1.29, 1.82) is 0 Å². The fourth-order valence-corrected chi connectivity index (χ4v) is 4.17. The van der Waals surface area contributed by atoms with Gasteiger partial charge < -0.3 is 34.5 Å². The first-order valence-electron chi connectivity index (χ1n) is 14.1. The minimum Gasteiger partial charge on any atom is -0.480 e. The summed E-state index contributed by atoms with van der Waals surface area (Å²) in [7, 11) is 0. The quantitative estimate of drug-likeness (QED) is 0.135. The molecule has 0 aliphatic carbocycles. The van der Waals surface area contributed by atoms with Crippen LogP contribution in [0.15, 0.2) is 18.2 Å². The summed E-state index contributed by atoms with van der Waals surface area (Å²) in [5, 5.41) is 9.70. The molecule has 1 aromatic rings. The van der Waals surface area contributed by atoms with Crippen LogP contribution in [0.5, 0.6) is 11.5 Å². The number of benzene rings is 1. The maximum Gasteiger partial charge on any atom is 0.514 e. The maximum atomic E-state index is 12.5. The minimum absolute atomic E-state index is 0.0670. The molecule has 0 radical (unpaired) electrons. The predicted octanol–water partition coefficient (Wildman–Crippen LogP) is 6.35. The van der Waals surface area contributed by atoms with Gasteiger partial charge in [0.2, 0.25) is 0 Å². The fourth-order valence-electron chi connectivity index (χ4n) is 4.17. The van der Waals surface area contributed by atoms with Crippen LogP contribution in [0, 0.1) is 5.41 Å². The number of carboxylic acids is 1. The van der Waals surface area contributed by atoms with Gasteiger partial charge in [0.15, 0.2) is 11.5 Å². The normalized spacial score (nSPS) is 15.0. The summed E-state index contributed by atoms with van der Waals surface area (Å²) in [5.41, 5.74) is 6.13. The van der Waals surface area contributed by atoms with Gasteiger partial charge in [-0.15, -0.1) is 0 Å². The van der Waals surface area contributed by atoms with Gasteiger partial charge in [0.05, 0.1) is 12.5 Å². The van der Waals surface area contributed by atoms with Crippen LogP contribution in [0.1, 0.15) is 105 Å². The Bertz CT molecular complexity index is 1020. The van der Waals surface area contributed by atoms with Gasteiger partial charge in [-0.3, -0.25) is 9.59 Å². The molecule has 3 N–H and O–H groups in total. The smallest absolute Gasteiger partial charge is 0.480 e. The van der Waals surface area contributed by atoms with Crippen LogP contribution in [0.2, 0.25) is 0 Å². The average Bonchev–Trinajstić information content (AvgIpc) is 2.82. The summed E-state index contributed by atoms with van der Waals surface area (Å²) in [5.74, 6) is -2.86. The maximum absolute atomic E-state index is 12.5. The Balaban J connectivity index is 3.34. The highest BCUT2D eigenvalue weighted by Gasteiger charge is 2.31. The summed E-state index contributed by atoms with van der Waals surface area (Å²) in [6, 6.07) is 2.85. The molecular formula is C30H47NO10. The van der Waals surface area contributed by atoms with E-state index >= 15 is 0 Å². The number of nitrogens with two attached hydrogens (primary N) is 1. The van der Waals surface area contributed by atoms with E-state index < -0.39 is 54.5 Å². The molecule has 0 spiro atoms. The Hall–Kier alpha value is -3.34. The van der Waals surface area contributed by atoms with Crippen LogP contribution >= 0.6 is 0 Å². The molecule has 4 unspecified atom stereocenters. The van der Waals surface area contributed by atoms with Crippen LogP contribution in [0.4, 0.5) is 9.59 Å². The lowest BCUT2D eigenvalue weighted by molar-refractivity contribution is -0.150. The van der Waals surface area contributed by atoms with E-state index in [-0.39, 0.29) is 29.8 Å². The number of hydrogen-bond donors (Lipinski definition) is 2. The standard InChI is InChI=1S/C30H47NO10/c1-9-11-18(3)38-28(35)40-23-14-13-21(16-24(23)41-29(36)39-19(4)12-10-2)22(26(31)27(33)34)15-20(5)37-25(32)17-30(6,7)8/h13-14,16,18-20,22,26H,9-12,15,17,31H2,1-8H3,(H,33,34)/t18?,19?,20?,22?,26-/m0/s1. The number of ether oxygens (including phenoxy) is 5. The van der Waals surface area contributed by atoms with Crippen LogP contribution in [-0.2, 0) is 23.8 Å². The highest BCUT2D eigenvalue weighted by Crippen LogP contribution is 2.35. The zero-order valence-corrected chi connectivity index (χ0v) is 25.6. The lowest BCUT2D eigenvalue weighted by Crippen LogP contribution is -2.38. The van der Waals surface area contributed by atoms with Crippen molar-refractivity contribution in [3.05, 3.63) is 23.8 Å². The van der Waals surface area contributed by atoms with Crippen molar-refractivity contribution in [3.8, 4) is 11.5 Å². The Morgan fingerprint density at radius 1 is 0.829 bits per heavy atom. The van der Waals surface area contributed by atoms with Crippen LogP contribution < -0.4 is 15.2 Å². The molecule has 0 fully saturated rings. The number of carbonyl (C=O) groups is 4. The highest BCUT2D eigenvalue weighted by molar-refractivity contribution is 5.75. The van der Waals surface area contributed by atoms with Crippen molar-refractivity contribution >= 4 is 24.2 Å². The summed E-state index contributed by atoms with van der Waals surface area (Å²) < 4.78 is 26.8. The van der Waals surface area contributed by atoms with Crippen molar-refractivity contribution in [2.75, 3.05) is 0 Å². The van der Waals surface area contributed by atoms with Crippen LogP contribution in [0.25, 0.3) is 0 Å². The molecule has 0 saturated carbocycles. The first-order chi connectivity index (χ1) is 19.1. The topological polar surface area (TPSA) is 161 Å². The molecule has 41 heavy (non-hydrogen) atoms. The molecule has 0 aliphatic rings. The molecule has 0 aliphatic heterocycles. The van der Waals surface area contributed by atoms with E-state index in [0.29, 0.717) is 18.4 Å². The molecule has 0 amide bonds. The second-order valence-electron chi connectivity index (χ2n) is 11.6. The molecule has 5 atom stereocenters. The lowest BCUT2D eigenvalue weighted by atomic mass is 9.86. The van der Waals surface area contributed by atoms with E-state index in [1.165, 1.54) is 18.2 Å². The van der Waals surface area contributed by atoms with E-state index in [1.807, 2.05) is 34.6 Å². The van der Waals surface area contributed by atoms with Gasteiger partial charge >= 0.3 is 24.2 Å². The van der Waals surface area contributed by atoms with Gasteiger partial charge in [-0.05, 0) is 63.1 Å². The fraction of sp³-hybridized carbons (Fsp3) is 0.667. The number of hydrogen-bond acceptors (Lipinski definition) is 10. The molecule has 1 aromatic carbocycles. The lowest BCUT2D eigenvalue weighted by Gasteiger charge is -2.26. The van der Waals surface area contributed by atoms with E-state index in [1.54, 1.807) is 20.8 Å². The van der Waals surface area contributed by atoms with Crippen LogP contribution in [0.3, 0.4) is 0 Å². The third-order valence-electron chi connectivity index (χ3n) is 6.08. The second-order valence-corrected chi connectivity index (χ2v) is 11.6. The number of rotatable bonds is 15. The van der Waals surface area contributed by atoms with E-state index in [0.717, 1.165) is 12.8 Å². The molecule has 0 saturated heterocycles. The molecular weight excluding hydrogens is 534 g/mol. The summed E-state index contributed by atoms with van der Waals surface area (Å²) in [6.07, 6.45) is -0.419. The molecule has 11 nitrogen and oxygen atoms in total. The predicted molar refractivity (Wildman–Crippen MR) is 152 cm³/mol. The summed E-state index contributed by atoms with van der Waals surface area (Å²) in [4.78, 5) is 49.2. The SMILES string of the molecule is CCCC(C)OC(=O)Oc1ccc(C(CC(C)OC(=O)CC(C)(C)C)[C@H](N)C(=O)O)cc1OC(=O)OC(C)CCC. The first-order valence-corrected chi connectivity index (χ1v) is 14.1. The van der Waals surface area contributed by atoms with Crippen molar-refractivity contribution in [3.63, 3.8) is 0 Å². The summed E-state index contributed by atoms with van der Waals surface area (Å²) >= 11 is 0. The molecule has 0 heterocycles. The van der Waals surface area contributed by atoms with Gasteiger partial charge in [0.25, 0.3) is 0 Å². The third-order valence-corrected chi connectivity index (χ3v) is 6.08. The van der Waals surface area contributed by atoms with Gasteiger partial charge in [0, 0.05) is 5.92 Å². The van der Waals surface area contributed by atoms with Gasteiger partial charge in [0.1, 0.15) is 18.2 Å². The van der Waals surface area contributed by atoms with Gasteiger partial charge in [-0.25, -0.2) is 9.59 Å². The highest BCUT2D eigenvalue weighted by atomic mass is 16.7. The molecule has 0 aromatic heterocycles. The van der Waals surface area contributed by atoms with E-state index in [9.17, 15) is 24.3 Å². The molecule has 1 rings (SSSR count). The molecule has 0 bridgehead atoms. The second kappa shape index (κ2) is 16.8.